The van der Waals surface area contributed by atoms with Crippen LogP contribution in [0.1, 0.15) is 42.5 Å². The Bertz CT molecular complexity index is 1080. The Kier molecular flexibility index (Phi) is 6.28. The van der Waals surface area contributed by atoms with Crippen molar-refractivity contribution in [1.82, 2.24) is 4.90 Å². The molecular weight excluding hydrogens is 433 g/mol. The van der Waals surface area contributed by atoms with Crippen LogP contribution in [-0.4, -0.2) is 35.7 Å². The topological polar surface area (TPSA) is 69.7 Å². The van der Waals surface area contributed by atoms with Crippen LogP contribution in [0.2, 0.25) is 0 Å². The van der Waals surface area contributed by atoms with E-state index in [4.69, 9.17) is 11.6 Å². The normalized spacial score (nSPS) is 17.2. The van der Waals surface area contributed by atoms with Crippen LogP contribution in [0.5, 0.6) is 0 Å². The van der Waals surface area contributed by atoms with Crippen LogP contribution in [0.3, 0.4) is 0 Å². The standard InChI is InChI=1S/C24H23ClFN3O3/c1-28(18-5-3-2-4-6-18)22(30)15-7-11-17(12-8-15)27-21-20(25)23(31)29(24(21)32)19-13-9-16(26)10-14-19/h7-14,18,27H,2-6H2,1H3. The molecule has 0 unspecified atom stereocenters. The highest BCUT2D eigenvalue weighted by atomic mass is 35.5. The van der Waals surface area contributed by atoms with Gasteiger partial charge in [0.1, 0.15) is 16.5 Å². The molecule has 0 spiro atoms. The van der Waals surface area contributed by atoms with Crippen LogP contribution in [0, 0.1) is 5.82 Å². The van der Waals surface area contributed by atoms with Crippen molar-refractivity contribution < 1.29 is 18.8 Å². The molecule has 8 heteroatoms. The van der Waals surface area contributed by atoms with E-state index in [0.717, 1.165) is 42.7 Å². The summed E-state index contributed by atoms with van der Waals surface area (Å²) >= 11 is 6.13. The van der Waals surface area contributed by atoms with Gasteiger partial charge in [-0.1, -0.05) is 30.9 Å². The predicted octanol–water partition coefficient (Wildman–Crippen LogP) is 4.67. The van der Waals surface area contributed by atoms with Crippen molar-refractivity contribution in [3.05, 3.63) is 70.6 Å². The van der Waals surface area contributed by atoms with E-state index in [1.54, 1.807) is 29.2 Å². The third-order valence-corrected chi connectivity index (χ3v) is 6.31. The van der Waals surface area contributed by atoms with Crippen LogP contribution in [0.4, 0.5) is 15.8 Å². The molecule has 0 saturated heterocycles. The second-order valence-corrected chi connectivity index (χ2v) is 8.40. The third-order valence-electron chi connectivity index (χ3n) is 5.96. The van der Waals surface area contributed by atoms with Gasteiger partial charge in [0.05, 0.1) is 5.69 Å². The number of carbonyl (C=O) groups excluding carboxylic acids is 3. The molecule has 1 fully saturated rings. The van der Waals surface area contributed by atoms with Gasteiger partial charge in [-0.15, -0.1) is 0 Å². The van der Waals surface area contributed by atoms with E-state index >= 15 is 0 Å². The Labute approximate surface area is 190 Å². The highest BCUT2D eigenvalue weighted by Crippen LogP contribution is 2.30. The lowest BCUT2D eigenvalue weighted by Crippen LogP contribution is -2.38. The second-order valence-electron chi connectivity index (χ2n) is 8.02. The van der Waals surface area contributed by atoms with Crippen molar-refractivity contribution in [2.45, 2.75) is 38.1 Å². The number of nitrogens with zero attached hydrogens (tertiary/aromatic N) is 2. The van der Waals surface area contributed by atoms with Crippen molar-refractivity contribution in [1.29, 1.82) is 0 Å². The first-order valence-corrected chi connectivity index (χ1v) is 10.9. The van der Waals surface area contributed by atoms with Gasteiger partial charge in [-0.25, -0.2) is 9.29 Å². The maximum atomic E-state index is 13.2. The molecule has 0 atom stereocenters. The first-order valence-electron chi connectivity index (χ1n) is 10.5. The summed E-state index contributed by atoms with van der Waals surface area (Å²) in [4.78, 5) is 40.8. The van der Waals surface area contributed by atoms with Crippen molar-refractivity contribution in [3.63, 3.8) is 0 Å². The molecular formula is C24H23ClFN3O3. The minimum Gasteiger partial charge on any atom is -0.350 e. The van der Waals surface area contributed by atoms with Crippen LogP contribution < -0.4 is 10.2 Å². The van der Waals surface area contributed by atoms with E-state index in [1.165, 1.54) is 18.6 Å². The molecule has 4 rings (SSSR count). The smallest absolute Gasteiger partial charge is 0.283 e. The number of hydrogen-bond acceptors (Lipinski definition) is 4. The summed E-state index contributed by atoms with van der Waals surface area (Å²) < 4.78 is 13.2. The highest BCUT2D eigenvalue weighted by molar-refractivity contribution is 6.53. The number of benzene rings is 2. The lowest BCUT2D eigenvalue weighted by molar-refractivity contribution is -0.120. The molecule has 166 valence electrons. The molecule has 2 aromatic rings. The van der Waals surface area contributed by atoms with Gasteiger partial charge >= 0.3 is 0 Å². The average molecular weight is 456 g/mol. The molecule has 32 heavy (non-hydrogen) atoms. The largest absolute Gasteiger partial charge is 0.350 e. The van der Waals surface area contributed by atoms with Crippen LogP contribution in [0.15, 0.2) is 59.3 Å². The maximum Gasteiger partial charge on any atom is 0.283 e. The zero-order chi connectivity index (χ0) is 22.8. The zero-order valence-electron chi connectivity index (χ0n) is 17.6. The molecule has 1 N–H and O–H groups in total. The molecule has 1 aliphatic carbocycles. The van der Waals surface area contributed by atoms with E-state index < -0.39 is 17.6 Å². The Hall–Kier alpha value is -3.19. The van der Waals surface area contributed by atoms with Gasteiger partial charge in [-0.2, -0.15) is 0 Å². The lowest BCUT2D eigenvalue weighted by atomic mass is 9.94. The molecule has 0 aromatic heterocycles. The predicted molar refractivity (Wildman–Crippen MR) is 121 cm³/mol. The molecule has 1 saturated carbocycles. The Morgan fingerprint density at radius 3 is 2.25 bits per heavy atom. The summed E-state index contributed by atoms with van der Waals surface area (Å²) in [6, 6.07) is 11.9. The number of carbonyl (C=O) groups is 3. The highest BCUT2D eigenvalue weighted by Gasteiger charge is 2.39. The molecule has 1 aliphatic heterocycles. The van der Waals surface area contributed by atoms with Gasteiger partial charge in [0, 0.05) is 24.3 Å². The van der Waals surface area contributed by atoms with Crippen molar-refractivity contribution in [3.8, 4) is 0 Å². The van der Waals surface area contributed by atoms with Gasteiger partial charge in [-0.3, -0.25) is 14.4 Å². The van der Waals surface area contributed by atoms with Gasteiger partial charge in [-0.05, 0) is 61.4 Å². The molecule has 2 aromatic carbocycles. The van der Waals surface area contributed by atoms with E-state index in [9.17, 15) is 18.8 Å². The fourth-order valence-corrected chi connectivity index (χ4v) is 4.33. The summed E-state index contributed by atoms with van der Waals surface area (Å²) in [6.07, 6.45) is 5.55. The first kappa shape index (κ1) is 22.0. The Morgan fingerprint density at radius 2 is 1.62 bits per heavy atom. The summed E-state index contributed by atoms with van der Waals surface area (Å²) in [5.74, 6) is -1.85. The SMILES string of the molecule is CN(C(=O)c1ccc(NC2=C(Cl)C(=O)N(c3ccc(F)cc3)C2=O)cc1)C1CCCCC1. The molecule has 2 aliphatic rings. The molecule has 0 radical (unpaired) electrons. The van der Waals surface area contributed by atoms with E-state index in [-0.39, 0.29) is 28.4 Å². The van der Waals surface area contributed by atoms with Gasteiger partial charge in [0.25, 0.3) is 17.7 Å². The number of anilines is 2. The number of nitrogens with one attached hydrogen (secondary N) is 1. The quantitative estimate of drug-likeness (QED) is 0.665. The maximum absolute atomic E-state index is 13.2. The van der Waals surface area contributed by atoms with Crippen molar-refractivity contribution in [2.24, 2.45) is 0 Å². The van der Waals surface area contributed by atoms with Crippen molar-refractivity contribution >= 4 is 40.7 Å². The third kappa shape index (κ3) is 4.25. The van der Waals surface area contributed by atoms with Crippen LogP contribution in [0.25, 0.3) is 0 Å². The van der Waals surface area contributed by atoms with Crippen LogP contribution in [-0.2, 0) is 9.59 Å². The second kappa shape index (κ2) is 9.12. The van der Waals surface area contributed by atoms with Crippen LogP contribution >= 0.6 is 11.6 Å². The fraction of sp³-hybridized carbons (Fsp3) is 0.292. The summed E-state index contributed by atoms with van der Waals surface area (Å²) in [5, 5.41) is 2.62. The number of amides is 3. The van der Waals surface area contributed by atoms with Crippen molar-refractivity contribution in [2.75, 3.05) is 17.3 Å². The van der Waals surface area contributed by atoms with Gasteiger partial charge in [0.15, 0.2) is 0 Å². The number of rotatable bonds is 5. The summed E-state index contributed by atoms with van der Waals surface area (Å²) in [5.41, 5.74) is 1.21. The van der Waals surface area contributed by atoms with E-state index in [0.29, 0.717) is 11.3 Å². The molecule has 6 nitrogen and oxygen atoms in total. The molecule has 0 bridgehead atoms. The number of imide groups is 1. The molecule has 3 amide bonds. The minimum atomic E-state index is -0.688. The van der Waals surface area contributed by atoms with Gasteiger partial charge < -0.3 is 10.2 Å². The number of hydrogen-bond donors (Lipinski definition) is 1. The summed E-state index contributed by atoms with van der Waals surface area (Å²) in [6.45, 7) is 0. The average Bonchev–Trinajstić information content (AvgIpc) is 3.03. The monoisotopic (exact) mass is 455 g/mol. The van der Waals surface area contributed by atoms with E-state index in [1.807, 2.05) is 7.05 Å². The summed E-state index contributed by atoms with van der Waals surface area (Å²) in [7, 11) is 1.84. The lowest BCUT2D eigenvalue weighted by Gasteiger charge is -2.31. The molecule has 1 heterocycles. The van der Waals surface area contributed by atoms with E-state index in [2.05, 4.69) is 5.32 Å². The minimum absolute atomic E-state index is 0.0460. The number of halogens is 2. The van der Waals surface area contributed by atoms with Gasteiger partial charge in [0.2, 0.25) is 0 Å². The Balaban J connectivity index is 1.47. The Morgan fingerprint density at radius 1 is 1.00 bits per heavy atom. The fourth-order valence-electron chi connectivity index (χ4n) is 4.11. The zero-order valence-corrected chi connectivity index (χ0v) is 18.4. The first-order chi connectivity index (χ1) is 15.4.